The molecule has 0 aromatic heterocycles. The zero-order valence-corrected chi connectivity index (χ0v) is 16.6. The van der Waals surface area contributed by atoms with Gasteiger partial charge >= 0.3 is 0 Å². The molecule has 0 unspecified atom stereocenters. The van der Waals surface area contributed by atoms with Crippen LogP contribution in [0.25, 0.3) is 6.08 Å². The van der Waals surface area contributed by atoms with Crippen molar-refractivity contribution in [3.63, 3.8) is 0 Å². The molecule has 2 aromatic carbocycles. The van der Waals surface area contributed by atoms with Crippen molar-refractivity contribution in [3.05, 3.63) is 76.8 Å². The molecule has 0 radical (unpaired) electrons. The van der Waals surface area contributed by atoms with E-state index in [1.165, 1.54) is 0 Å². The first-order valence-electron chi connectivity index (χ1n) is 9.66. The lowest BCUT2D eigenvalue weighted by Crippen LogP contribution is -2.42. The van der Waals surface area contributed by atoms with Crippen LogP contribution in [0.1, 0.15) is 24.0 Å². The highest BCUT2D eigenvalue weighted by atomic mass is 35.5. The number of halogens is 1. The van der Waals surface area contributed by atoms with Gasteiger partial charge in [0, 0.05) is 36.7 Å². The highest BCUT2D eigenvalue weighted by Gasteiger charge is 2.26. The van der Waals surface area contributed by atoms with E-state index in [4.69, 9.17) is 11.6 Å². The summed E-state index contributed by atoms with van der Waals surface area (Å²) in [6.07, 6.45) is 5.64. The number of rotatable bonds is 6. The molecule has 0 aliphatic carbocycles. The SMILES string of the molecule is O=C(NCCc1ccc(Cl)cc1)C1CCN(C(=O)/C=C/c2ccccc2)CC1. The first-order chi connectivity index (χ1) is 13.6. The molecular formula is C23H25ClN2O2. The van der Waals surface area contributed by atoms with E-state index in [-0.39, 0.29) is 17.7 Å². The molecule has 1 aliphatic rings. The molecule has 0 atom stereocenters. The van der Waals surface area contributed by atoms with Crippen LogP contribution in [0.3, 0.4) is 0 Å². The number of piperidine rings is 1. The number of carbonyl (C=O) groups excluding carboxylic acids is 2. The van der Waals surface area contributed by atoms with E-state index in [9.17, 15) is 9.59 Å². The van der Waals surface area contributed by atoms with Gasteiger partial charge in [0.25, 0.3) is 0 Å². The van der Waals surface area contributed by atoms with Gasteiger partial charge in [0.05, 0.1) is 0 Å². The van der Waals surface area contributed by atoms with Crippen molar-refractivity contribution in [3.8, 4) is 0 Å². The van der Waals surface area contributed by atoms with Crippen LogP contribution in [0.5, 0.6) is 0 Å². The summed E-state index contributed by atoms with van der Waals surface area (Å²) in [7, 11) is 0. The van der Waals surface area contributed by atoms with Crippen LogP contribution < -0.4 is 5.32 Å². The molecule has 5 heteroatoms. The van der Waals surface area contributed by atoms with E-state index >= 15 is 0 Å². The molecule has 28 heavy (non-hydrogen) atoms. The standard InChI is InChI=1S/C23H25ClN2O2/c24-21-9-6-19(7-10-21)12-15-25-23(28)20-13-16-26(17-14-20)22(27)11-8-18-4-2-1-3-5-18/h1-11,20H,12-17H2,(H,25,28)/b11-8+. The summed E-state index contributed by atoms with van der Waals surface area (Å²) < 4.78 is 0. The van der Waals surface area contributed by atoms with Crippen molar-refractivity contribution in [2.75, 3.05) is 19.6 Å². The van der Waals surface area contributed by atoms with Gasteiger partial charge < -0.3 is 10.2 Å². The summed E-state index contributed by atoms with van der Waals surface area (Å²) in [5, 5.41) is 3.73. The van der Waals surface area contributed by atoms with Crippen LogP contribution in [0.4, 0.5) is 0 Å². The zero-order valence-electron chi connectivity index (χ0n) is 15.8. The number of amides is 2. The average molecular weight is 397 g/mol. The third-order valence-electron chi connectivity index (χ3n) is 5.02. The Morgan fingerprint density at radius 3 is 2.39 bits per heavy atom. The van der Waals surface area contributed by atoms with Crippen LogP contribution >= 0.6 is 11.6 Å². The Bertz CT molecular complexity index is 810. The second-order valence-electron chi connectivity index (χ2n) is 7.01. The van der Waals surface area contributed by atoms with Gasteiger partial charge in [0.2, 0.25) is 11.8 Å². The first-order valence-corrected chi connectivity index (χ1v) is 10.0. The summed E-state index contributed by atoms with van der Waals surface area (Å²) in [6.45, 7) is 1.85. The molecular weight excluding hydrogens is 372 g/mol. The number of hydrogen-bond donors (Lipinski definition) is 1. The second-order valence-corrected chi connectivity index (χ2v) is 7.45. The van der Waals surface area contributed by atoms with E-state index in [1.54, 1.807) is 6.08 Å². The lowest BCUT2D eigenvalue weighted by Gasteiger charge is -2.30. The molecule has 2 aromatic rings. The molecule has 1 N–H and O–H groups in total. The van der Waals surface area contributed by atoms with Gasteiger partial charge in [-0.3, -0.25) is 9.59 Å². The lowest BCUT2D eigenvalue weighted by atomic mass is 9.95. The van der Waals surface area contributed by atoms with Crippen LogP contribution in [0.15, 0.2) is 60.7 Å². The van der Waals surface area contributed by atoms with Gasteiger partial charge in [0.1, 0.15) is 0 Å². The third-order valence-corrected chi connectivity index (χ3v) is 5.27. The molecule has 1 saturated heterocycles. The van der Waals surface area contributed by atoms with E-state index in [1.807, 2.05) is 65.6 Å². The fraction of sp³-hybridized carbons (Fsp3) is 0.304. The fourth-order valence-electron chi connectivity index (χ4n) is 3.32. The second kappa shape index (κ2) is 10.1. The Kier molecular flexibility index (Phi) is 7.26. The van der Waals surface area contributed by atoms with Gasteiger partial charge in [-0.1, -0.05) is 54.1 Å². The largest absolute Gasteiger partial charge is 0.356 e. The minimum absolute atomic E-state index is 0.00505. The molecule has 4 nitrogen and oxygen atoms in total. The summed E-state index contributed by atoms with van der Waals surface area (Å²) in [5.41, 5.74) is 2.15. The normalized spacial score (nSPS) is 15.0. The van der Waals surface area contributed by atoms with Gasteiger partial charge in [-0.2, -0.15) is 0 Å². The van der Waals surface area contributed by atoms with E-state index < -0.39 is 0 Å². The molecule has 3 rings (SSSR count). The fourth-order valence-corrected chi connectivity index (χ4v) is 3.45. The van der Waals surface area contributed by atoms with E-state index in [0.29, 0.717) is 37.5 Å². The van der Waals surface area contributed by atoms with Gasteiger partial charge in [-0.05, 0) is 48.6 Å². The lowest BCUT2D eigenvalue weighted by molar-refractivity contribution is -0.132. The van der Waals surface area contributed by atoms with Gasteiger partial charge in [-0.25, -0.2) is 0 Å². The Morgan fingerprint density at radius 1 is 1.04 bits per heavy atom. The first kappa shape index (κ1) is 20.2. The quantitative estimate of drug-likeness (QED) is 0.751. The maximum Gasteiger partial charge on any atom is 0.246 e. The maximum atomic E-state index is 12.4. The molecule has 1 fully saturated rings. The van der Waals surface area contributed by atoms with E-state index in [2.05, 4.69) is 5.32 Å². The van der Waals surface area contributed by atoms with Crippen molar-refractivity contribution < 1.29 is 9.59 Å². The minimum atomic E-state index is -0.0210. The highest BCUT2D eigenvalue weighted by Crippen LogP contribution is 2.18. The molecule has 2 amide bonds. The van der Waals surface area contributed by atoms with Crippen LogP contribution in [-0.4, -0.2) is 36.3 Å². The Morgan fingerprint density at radius 2 is 1.71 bits per heavy atom. The number of benzene rings is 2. The van der Waals surface area contributed by atoms with Crippen molar-refractivity contribution in [2.24, 2.45) is 5.92 Å². The summed E-state index contributed by atoms with van der Waals surface area (Å²) in [5.74, 6) is 0.0683. The van der Waals surface area contributed by atoms with Crippen LogP contribution in [-0.2, 0) is 16.0 Å². The van der Waals surface area contributed by atoms with Crippen molar-refractivity contribution in [1.82, 2.24) is 10.2 Å². The molecule has 0 bridgehead atoms. The van der Waals surface area contributed by atoms with Crippen LogP contribution in [0.2, 0.25) is 5.02 Å². The predicted octanol–water partition coefficient (Wildman–Crippen LogP) is 3.95. The number of likely N-dealkylation sites (tertiary alicyclic amines) is 1. The number of nitrogens with one attached hydrogen (secondary N) is 1. The van der Waals surface area contributed by atoms with Crippen molar-refractivity contribution in [2.45, 2.75) is 19.3 Å². The topological polar surface area (TPSA) is 49.4 Å². The van der Waals surface area contributed by atoms with Crippen molar-refractivity contribution in [1.29, 1.82) is 0 Å². The number of nitrogens with zero attached hydrogens (tertiary/aromatic N) is 1. The minimum Gasteiger partial charge on any atom is -0.356 e. The molecule has 146 valence electrons. The Hall–Kier alpha value is -2.59. The smallest absolute Gasteiger partial charge is 0.246 e. The summed E-state index contributed by atoms with van der Waals surface area (Å²) >= 11 is 5.88. The Labute approximate surface area is 171 Å². The molecule has 0 saturated carbocycles. The molecule has 1 aliphatic heterocycles. The number of carbonyl (C=O) groups is 2. The maximum absolute atomic E-state index is 12.4. The predicted molar refractivity (Wildman–Crippen MR) is 113 cm³/mol. The van der Waals surface area contributed by atoms with Crippen molar-refractivity contribution >= 4 is 29.5 Å². The summed E-state index contributed by atoms with van der Waals surface area (Å²) in [6, 6.07) is 17.4. The monoisotopic (exact) mass is 396 g/mol. The van der Waals surface area contributed by atoms with Gasteiger partial charge in [-0.15, -0.1) is 0 Å². The molecule has 0 spiro atoms. The third kappa shape index (κ3) is 5.96. The highest BCUT2D eigenvalue weighted by molar-refractivity contribution is 6.30. The van der Waals surface area contributed by atoms with Crippen LogP contribution in [0, 0.1) is 5.92 Å². The van der Waals surface area contributed by atoms with Gasteiger partial charge in [0.15, 0.2) is 0 Å². The Balaban J connectivity index is 1.39. The number of hydrogen-bond acceptors (Lipinski definition) is 2. The zero-order chi connectivity index (χ0) is 19.8. The van der Waals surface area contributed by atoms with E-state index in [0.717, 1.165) is 17.5 Å². The average Bonchev–Trinajstić information content (AvgIpc) is 2.74. The molecule has 1 heterocycles. The summed E-state index contributed by atoms with van der Waals surface area (Å²) in [4.78, 5) is 26.5.